The van der Waals surface area contributed by atoms with Crippen LogP contribution in [-0.4, -0.2) is 16.1 Å². The summed E-state index contributed by atoms with van der Waals surface area (Å²) in [7, 11) is 0. The summed E-state index contributed by atoms with van der Waals surface area (Å²) in [4.78, 5) is 18.6. The van der Waals surface area contributed by atoms with Gasteiger partial charge in [-0.3, -0.25) is 10.2 Å². The first-order chi connectivity index (χ1) is 12.7. The number of thiazole rings is 1. The molecule has 1 aliphatic rings. The molecule has 128 valence electrons. The van der Waals surface area contributed by atoms with Gasteiger partial charge in [-0.05, 0) is 47.7 Å². The van der Waals surface area contributed by atoms with Crippen molar-refractivity contribution in [1.82, 2.24) is 4.98 Å². The smallest absolute Gasteiger partial charge is 0.273 e. The minimum Gasteiger partial charge on any atom is -0.457 e. The number of nitrogens with zero attached hydrogens (tertiary/aromatic N) is 2. The monoisotopic (exact) mass is 379 g/mol. The van der Waals surface area contributed by atoms with Crippen molar-refractivity contribution < 1.29 is 9.53 Å². The topological polar surface area (TPSA) is 66.3 Å². The summed E-state index contributed by atoms with van der Waals surface area (Å²) in [6, 6.07) is 17.0. The first kappa shape index (κ1) is 16.6. The van der Waals surface area contributed by atoms with Crippen LogP contribution in [0.2, 0.25) is 0 Å². The Labute approximate surface area is 158 Å². The van der Waals surface area contributed by atoms with Crippen LogP contribution in [0.5, 0.6) is 11.5 Å². The molecule has 0 bridgehead atoms. The molecule has 1 fully saturated rings. The lowest BCUT2D eigenvalue weighted by Gasteiger charge is -2.09. The van der Waals surface area contributed by atoms with Gasteiger partial charge in [-0.25, -0.2) is 9.88 Å². The zero-order chi connectivity index (χ0) is 17.9. The molecule has 1 amide bonds. The van der Waals surface area contributed by atoms with Crippen molar-refractivity contribution >= 4 is 45.4 Å². The molecule has 3 aromatic rings. The number of ether oxygens (including phenoxy) is 1. The predicted molar refractivity (Wildman–Crippen MR) is 106 cm³/mol. The van der Waals surface area contributed by atoms with Gasteiger partial charge < -0.3 is 4.74 Å². The number of amides is 1. The van der Waals surface area contributed by atoms with Gasteiger partial charge in [0.15, 0.2) is 10.3 Å². The van der Waals surface area contributed by atoms with Crippen molar-refractivity contribution in [3.63, 3.8) is 0 Å². The Morgan fingerprint density at radius 3 is 2.65 bits per heavy atom. The van der Waals surface area contributed by atoms with Crippen molar-refractivity contribution in [2.24, 2.45) is 0 Å². The molecule has 5 nitrogen and oxygen atoms in total. The van der Waals surface area contributed by atoms with Gasteiger partial charge >= 0.3 is 0 Å². The molecule has 0 spiro atoms. The van der Waals surface area contributed by atoms with Crippen LogP contribution in [0.25, 0.3) is 6.08 Å². The standard InChI is InChI=1S/C19H13N3O2S2/c20-18-22(19-21-9-10-25-19)17(23)16(26-18)12-13-5-4-8-15(11-13)24-14-6-2-1-3-7-14/h1-12,20H/b16-12-,20-18?. The van der Waals surface area contributed by atoms with E-state index in [9.17, 15) is 4.79 Å². The number of rotatable bonds is 4. The van der Waals surface area contributed by atoms with E-state index in [4.69, 9.17) is 10.1 Å². The van der Waals surface area contributed by atoms with Crippen LogP contribution < -0.4 is 9.64 Å². The molecule has 2 aromatic carbocycles. The number of amidine groups is 1. The van der Waals surface area contributed by atoms with Crippen LogP contribution in [0.3, 0.4) is 0 Å². The number of benzene rings is 2. The largest absolute Gasteiger partial charge is 0.457 e. The van der Waals surface area contributed by atoms with E-state index in [2.05, 4.69) is 4.98 Å². The van der Waals surface area contributed by atoms with E-state index in [1.807, 2.05) is 54.6 Å². The Bertz CT molecular complexity index is 985. The Kier molecular flexibility index (Phi) is 4.55. The summed E-state index contributed by atoms with van der Waals surface area (Å²) in [6.07, 6.45) is 3.39. The highest BCUT2D eigenvalue weighted by molar-refractivity contribution is 8.19. The summed E-state index contributed by atoms with van der Waals surface area (Å²) >= 11 is 2.46. The minimum absolute atomic E-state index is 0.160. The van der Waals surface area contributed by atoms with Gasteiger partial charge in [-0.1, -0.05) is 30.3 Å². The summed E-state index contributed by atoms with van der Waals surface area (Å²) in [5.41, 5.74) is 0.836. The second kappa shape index (κ2) is 7.15. The number of carbonyl (C=O) groups is 1. The molecule has 7 heteroatoms. The molecule has 1 saturated heterocycles. The third-order valence-electron chi connectivity index (χ3n) is 3.57. The number of nitrogens with one attached hydrogen (secondary N) is 1. The highest BCUT2D eigenvalue weighted by Crippen LogP contribution is 2.36. The van der Waals surface area contributed by atoms with Crippen molar-refractivity contribution in [2.75, 3.05) is 4.90 Å². The number of thioether (sulfide) groups is 1. The number of carbonyl (C=O) groups excluding carboxylic acids is 1. The molecule has 1 N–H and O–H groups in total. The quantitative estimate of drug-likeness (QED) is 0.649. The summed E-state index contributed by atoms with van der Waals surface area (Å²) in [5.74, 6) is 1.21. The number of aromatic nitrogens is 1. The third-order valence-corrected chi connectivity index (χ3v) is 5.21. The second-order valence-corrected chi connectivity index (χ2v) is 7.26. The van der Waals surface area contributed by atoms with E-state index in [1.165, 1.54) is 16.2 Å². The maximum atomic E-state index is 12.6. The molecule has 0 radical (unpaired) electrons. The highest BCUT2D eigenvalue weighted by atomic mass is 32.2. The van der Waals surface area contributed by atoms with E-state index in [1.54, 1.807) is 17.7 Å². The summed E-state index contributed by atoms with van der Waals surface area (Å²) < 4.78 is 5.83. The lowest BCUT2D eigenvalue weighted by Crippen LogP contribution is -2.27. The molecule has 1 aliphatic heterocycles. The van der Waals surface area contributed by atoms with Gasteiger partial charge in [0.25, 0.3) is 5.91 Å². The average molecular weight is 379 g/mol. The van der Waals surface area contributed by atoms with Gasteiger partial charge in [0, 0.05) is 11.6 Å². The Balaban J connectivity index is 1.58. The maximum absolute atomic E-state index is 12.6. The van der Waals surface area contributed by atoms with Crippen LogP contribution in [0.1, 0.15) is 5.56 Å². The molecule has 2 heterocycles. The van der Waals surface area contributed by atoms with Crippen molar-refractivity contribution in [3.05, 3.63) is 76.6 Å². The van der Waals surface area contributed by atoms with Crippen LogP contribution in [0, 0.1) is 5.41 Å². The Hall–Kier alpha value is -2.90. The third kappa shape index (κ3) is 3.40. The number of para-hydroxylation sites is 1. The fourth-order valence-electron chi connectivity index (χ4n) is 2.43. The van der Waals surface area contributed by atoms with E-state index in [0.717, 1.165) is 23.1 Å². The second-order valence-electron chi connectivity index (χ2n) is 5.36. The fourth-order valence-corrected chi connectivity index (χ4v) is 3.98. The van der Waals surface area contributed by atoms with Crippen LogP contribution in [0.4, 0.5) is 5.13 Å². The zero-order valence-electron chi connectivity index (χ0n) is 13.5. The summed E-state index contributed by atoms with van der Waals surface area (Å²) in [6.45, 7) is 0. The Morgan fingerprint density at radius 2 is 1.88 bits per heavy atom. The first-order valence-corrected chi connectivity index (χ1v) is 9.45. The SMILES string of the molecule is N=C1S/C(=C\c2cccc(Oc3ccccc3)c2)C(=O)N1c1nccs1. The van der Waals surface area contributed by atoms with Gasteiger partial charge in [-0.15, -0.1) is 11.3 Å². The number of anilines is 1. The minimum atomic E-state index is -0.232. The molecule has 26 heavy (non-hydrogen) atoms. The molecule has 0 atom stereocenters. The summed E-state index contributed by atoms with van der Waals surface area (Å²) in [5, 5.41) is 10.5. The maximum Gasteiger partial charge on any atom is 0.273 e. The van der Waals surface area contributed by atoms with Crippen molar-refractivity contribution in [2.45, 2.75) is 0 Å². The molecule has 1 aromatic heterocycles. The molecule has 4 rings (SSSR count). The zero-order valence-corrected chi connectivity index (χ0v) is 15.1. The van der Waals surface area contributed by atoms with E-state index >= 15 is 0 Å². The molecular weight excluding hydrogens is 366 g/mol. The van der Waals surface area contributed by atoms with Crippen LogP contribution in [0.15, 0.2) is 71.1 Å². The number of hydrogen-bond acceptors (Lipinski definition) is 6. The average Bonchev–Trinajstić information content (AvgIpc) is 3.25. The predicted octanol–water partition coefficient (Wildman–Crippen LogP) is 4.99. The van der Waals surface area contributed by atoms with Gasteiger partial charge in [0.2, 0.25) is 0 Å². The highest BCUT2D eigenvalue weighted by Gasteiger charge is 2.34. The van der Waals surface area contributed by atoms with E-state index < -0.39 is 0 Å². The molecule has 0 unspecified atom stereocenters. The Morgan fingerprint density at radius 1 is 1.08 bits per heavy atom. The van der Waals surface area contributed by atoms with Crippen molar-refractivity contribution in [1.29, 1.82) is 5.41 Å². The molecular formula is C19H13N3O2S2. The van der Waals surface area contributed by atoms with Gasteiger partial charge in [0.1, 0.15) is 11.5 Å². The lowest BCUT2D eigenvalue weighted by molar-refractivity contribution is -0.113. The van der Waals surface area contributed by atoms with Crippen molar-refractivity contribution in [3.8, 4) is 11.5 Å². The van der Waals surface area contributed by atoms with Gasteiger partial charge in [-0.2, -0.15) is 0 Å². The molecule has 0 saturated carbocycles. The van der Waals surface area contributed by atoms with Crippen LogP contribution >= 0.6 is 23.1 Å². The molecule has 0 aliphatic carbocycles. The van der Waals surface area contributed by atoms with E-state index in [0.29, 0.717) is 15.8 Å². The van der Waals surface area contributed by atoms with Crippen LogP contribution in [-0.2, 0) is 4.79 Å². The first-order valence-electron chi connectivity index (χ1n) is 7.76. The van der Waals surface area contributed by atoms with Gasteiger partial charge in [0.05, 0.1) is 4.91 Å². The fraction of sp³-hybridized carbons (Fsp3) is 0. The van der Waals surface area contributed by atoms with E-state index in [-0.39, 0.29) is 11.1 Å². The number of hydrogen-bond donors (Lipinski definition) is 1. The normalized spacial score (nSPS) is 15.7. The lowest BCUT2D eigenvalue weighted by atomic mass is 10.2.